The second kappa shape index (κ2) is 29.2. The molecule has 0 atom stereocenters. The van der Waals surface area contributed by atoms with Crippen molar-refractivity contribution in [1.82, 2.24) is 14.1 Å². The van der Waals surface area contributed by atoms with E-state index in [1.165, 1.54) is 18.2 Å². The van der Waals surface area contributed by atoms with E-state index < -0.39 is 391 Å². The van der Waals surface area contributed by atoms with Gasteiger partial charge in [-0.3, -0.25) is 4.57 Å². The maximum Gasteiger partial charge on any atom is 0.268 e. The Morgan fingerprint density at radius 3 is 1.56 bits per heavy atom. The number of para-hydroxylation sites is 2. The molecule has 0 radical (unpaired) electrons. The molecule has 0 saturated carbocycles. The fraction of sp³-hybridized carbons (Fsp3) is 0.0400. The summed E-state index contributed by atoms with van der Waals surface area (Å²) in [4.78, 5) is 4.82. The van der Waals surface area contributed by atoms with Gasteiger partial charge in [0.1, 0.15) is 5.82 Å². The van der Waals surface area contributed by atoms with Crippen LogP contribution < -0.4 is 50.8 Å². The average molecular weight is 1640 g/mol. The molecule has 0 aliphatic heterocycles. The van der Waals surface area contributed by atoms with E-state index in [1.807, 2.05) is 61.7 Å². The van der Waals surface area contributed by atoms with Crippen molar-refractivity contribution in [2.24, 2.45) is 0 Å². The van der Waals surface area contributed by atoms with Gasteiger partial charge in [-0.2, -0.15) is 18.2 Å². The number of nitrogens with zero attached hydrogens (tertiary/aromatic N) is 4. The molecule has 0 bridgehead atoms. The minimum absolute atomic E-state index is 0. The number of fused-ring (bicyclic) bond motifs is 4. The summed E-state index contributed by atoms with van der Waals surface area (Å²) in [5.41, 5.74) is -8.18. The van der Waals surface area contributed by atoms with Crippen molar-refractivity contribution in [2.75, 3.05) is 0 Å². The van der Waals surface area contributed by atoms with Gasteiger partial charge in [-0.25, -0.2) is 4.98 Å². The Morgan fingerprint density at radius 2 is 0.935 bits per heavy atom. The first kappa shape index (κ1) is 34.9. The SMILES string of the molecule is [2H]c1ccc([Si](c2c([2H])c([2H])c([2H])c([2H])c2[2H])(c2c([2H])c([2H])c([2H])c([2H])c2[2H])c2c([2H])c([2H])c([2H])c(-c3ccc4c(c3)n(-c3[c-]c(Oc5[c-]c6c(cc5)c5ccccc5n6-c5cc(C(C)(C)C)ccn5)ccc3)[c-][n+]4-c3c(-c4c([2H])c(-c5c([2H])c([2H])c([2H])c([2H])c5[2H])c([2H])c(-c5c([2H])c([2H])c([2H])c([2H])c5[2H])c4[2H])cccc3[Si](c3c([2H])c([2H])c([2H])c([2H])c3[2H])(c3c([2H])c([2H])c([2H])c([2H])c3[2H])c3c([2H])c([2H])c([2H])c([2H])c3[2H])c2[2H])c([2H])c1[2H].[Pt]. The molecular formula is C100H74N4OPtSi2-2. The van der Waals surface area contributed by atoms with Crippen LogP contribution in [0.1, 0.15) is 88.0 Å². The first-order valence-corrected chi connectivity index (χ1v) is 37.0. The molecule has 8 heteroatoms. The molecule has 0 aliphatic rings. The van der Waals surface area contributed by atoms with Crippen molar-refractivity contribution in [3.63, 3.8) is 0 Å². The molecule has 520 valence electrons. The standard InChI is InChI=1S/C100H74N4OSi2.Pt/c1-100(2,3)79-61-62-101-98(68-79)104-93-55-29-28-53-91(93)92-59-58-82(70-95(92)104)105-81-39-31-38-80(69-81)102-71-103(94-60-57-75(67-96(94)102)74-37-30-52-89(66-74)106(83-40-16-6-17-41-83,84-42-18-7-19-43-84)85-44-20-8-21-45-85)99-90(78-64-76(72-33-12-4-13-34-72)63-77(65-78)73-35-14-5-15-36-73)54-32-56-97(99)107(86-46-22-9-23-47-86,87-48-24-10-25-49-87)88-50-26-11-27-51-88;/h4-68H,1-3H3;/q-2;/i4D,5D,6D,7D,8D,9D,10D,11D,12D,13D,14D,15D,16D,17D,18D,19D,20D,22D,23D,24D,25D,26D,27D,30D,33D,34D,35D,36D,37D,40D,41D,42D,43D,44D,46D,47D,48D,49D,50D,51D,52D,63D,64D,65D,66D;. The van der Waals surface area contributed by atoms with Crippen LogP contribution in [0.5, 0.6) is 11.5 Å². The summed E-state index contributed by atoms with van der Waals surface area (Å²) >= 11 is 0. The van der Waals surface area contributed by atoms with Crippen LogP contribution in [-0.2, 0) is 26.5 Å². The van der Waals surface area contributed by atoms with Crippen molar-refractivity contribution < 1.29 is 92.1 Å². The van der Waals surface area contributed by atoms with E-state index in [1.54, 1.807) is 18.3 Å². The topological polar surface area (TPSA) is 35.9 Å². The van der Waals surface area contributed by atoms with Crippen LogP contribution in [0.3, 0.4) is 0 Å². The van der Waals surface area contributed by atoms with Crippen molar-refractivity contribution in [1.29, 1.82) is 0 Å². The van der Waals surface area contributed by atoms with Gasteiger partial charge in [0.25, 0.3) is 6.33 Å². The molecule has 15 aromatic carbocycles. The molecule has 0 fully saturated rings. The van der Waals surface area contributed by atoms with Crippen LogP contribution >= 0.6 is 0 Å². The zero-order chi connectivity index (χ0) is 111. The van der Waals surface area contributed by atoms with Crippen LogP contribution in [-0.4, -0.2) is 30.3 Å². The Bertz CT molecular complexity index is 8650. The fourth-order valence-electron chi connectivity index (χ4n) is 13.4. The van der Waals surface area contributed by atoms with Crippen LogP contribution in [0.25, 0.3) is 94.5 Å². The molecule has 0 aliphatic carbocycles. The molecule has 5 nitrogen and oxygen atoms in total. The maximum atomic E-state index is 11.1. The number of aromatic nitrogens is 4. The molecule has 0 N–H and O–H groups in total. The van der Waals surface area contributed by atoms with Crippen molar-refractivity contribution in [3.8, 4) is 73.2 Å². The summed E-state index contributed by atoms with van der Waals surface area (Å²) < 4.78 is 449. The normalized spacial score (nSPS) is 17.6. The summed E-state index contributed by atoms with van der Waals surface area (Å²) in [7, 11) is -13.2. The van der Waals surface area contributed by atoms with E-state index in [9.17, 15) is 49.3 Å². The van der Waals surface area contributed by atoms with Crippen molar-refractivity contribution in [2.45, 2.75) is 26.2 Å². The first-order chi connectivity index (χ1) is 71.4. The van der Waals surface area contributed by atoms with Crippen LogP contribution in [0, 0.1) is 18.5 Å². The van der Waals surface area contributed by atoms with E-state index in [2.05, 4.69) is 18.5 Å². The minimum Gasteiger partial charge on any atom is -0.510 e. The Morgan fingerprint density at radius 1 is 0.398 bits per heavy atom. The third-order valence-electron chi connectivity index (χ3n) is 18.1. The third kappa shape index (κ3) is 12.4. The number of imidazole rings is 1. The van der Waals surface area contributed by atoms with Crippen molar-refractivity contribution in [3.05, 3.63) is 417 Å². The number of rotatable bonds is 17. The van der Waals surface area contributed by atoms with Gasteiger partial charge >= 0.3 is 0 Å². The largest absolute Gasteiger partial charge is 0.510 e. The third-order valence-corrected chi connectivity index (χ3v) is 26.4. The molecule has 18 rings (SSSR count). The quantitative estimate of drug-likeness (QED) is 0.0394. The van der Waals surface area contributed by atoms with Gasteiger partial charge in [0.2, 0.25) is 0 Å². The number of benzene rings is 15. The number of hydrogen-bond acceptors (Lipinski definition) is 2. The Balaban J connectivity index is 0.0000159. The Hall–Kier alpha value is -12.4. The number of pyridine rings is 1. The van der Waals surface area contributed by atoms with Gasteiger partial charge < -0.3 is 13.9 Å². The van der Waals surface area contributed by atoms with Gasteiger partial charge in [-0.1, -0.05) is 341 Å². The number of ether oxygens (including phenoxy) is 1. The zero-order valence-electron chi connectivity index (χ0n) is 102. The first-order valence-electron chi connectivity index (χ1n) is 55.5. The van der Waals surface area contributed by atoms with E-state index in [4.69, 9.17) is 22.1 Å². The molecule has 3 aromatic heterocycles. The minimum atomic E-state index is -6.86. The maximum absolute atomic E-state index is 11.1. The van der Waals surface area contributed by atoms with Gasteiger partial charge in [0.05, 0.1) is 78.4 Å². The van der Waals surface area contributed by atoms with Gasteiger partial charge in [0.15, 0.2) is 16.1 Å². The van der Waals surface area contributed by atoms with Crippen LogP contribution in [0.4, 0.5) is 0 Å². The molecule has 108 heavy (non-hydrogen) atoms. The molecular weight excluding hydrogens is 1520 g/mol. The second-order valence-corrected chi connectivity index (χ2v) is 32.2. The molecule has 18 aromatic rings. The van der Waals surface area contributed by atoms with E-state index >= 15 is 0 Å². The molecule has 0 amide bonds. The zero-order valence-corrected chi connectivity index (χ0v) is 60.8. The van der Waals surface area contributed by atoms with E-state index in [0.717, 1.165) is 68.6 Å². The second-order valence-electron chi connectivity index (χ2n) is 25.2. The predicted molar refractivity (Wildman–Crippen MR) is 448 cm³/mol. The van der Waals surface area contributed by atoms with Crippen LogP contribution in [0.15, 0.2) is 393 Å². The molecule has 3 heterocycles. The Labute approximate surface area is 711 Å². The summed E-state index contributed by atoms with van der Waals surface area (Å²) in [5, 5.41) is -7.03. The van der Waals surface area contributed by atoms with Crippen LogP contribution in [0.2, 0.25) is 0 Å². The summed E-state index contributed by atoms with van der Waals surface area (Å²) in [6.45, 7) is 6.07. The van der Waals surface area contributed by atoms with E-state index in [0.29, 0.717) is 22.2 Å². The number of hydrogen-bond donors (Lipinski definition) is 0. The summed E-state index contributed by atoms with van der Waals surface area (Å²) in [5.74, 6) is 0.232. The summed E-state index contributed by atoms with van der Waals surface area (Å²) in [6, 6.07) is -21.0. The smallest absolute Gasteiger partial charge is 0.268 e. The molecule has 0 saturated heterocycles. The fourth-order valence-corrected chi connectivity index (χ4v) is 21.1. The molecule has 0 spiro atoms. The van der Waals surface area contributed by atoms with Crippen molar-refractivity contribution >= 4 is 90.5 Å². The van der Waals surface area contributed by atoms with Gasteiger partial charge in [-0.15, -0.1) is 29.7 Å². The molecule has 0 unspecified atom stereocenters. The summed E-state index contributed by atoms with van der Waals surface area (Å²) in [6.07, 6.45) is 4.87. The average Bonchev–Trinajstić information content (AvgIpc) is 1.22. The van der Waals surface area contributed by atoms with Gasteiger partial charge in [0, 0.05) is 44.3 Å². The predicted octanol–water partition coefficient (Wildman–Crippen LogP) is 18.3. The monoisotopic (exact) mass is 1640 g/mol. The Kier molecular flexibility index (Phi) is 9.43. The van der Waals surface area contributed by atoms with Gasteiger partial charge in [-0.05, 0) is 150 Å². The van der Waals surface area contributed by atoms with E-state index in [-0.39, 0.29) is 43.7 Å².